The fourth-order valence-electron chi connectivity index (χ4n) is 4.60. The predicted octanol–water partition coefficient (Wildman–Crippen LogP) is 7.52. The Morgan fingerprint density at radius 1 is 0.759 bits per heavy atom. The number of unbranched alkanes of at least 4 members (excludes halogenated alkanes) is 5. The first kappa shape index (κ1) is 21.9. The number of aromatic nitrogens is 3. The molecule has 1 aliphatic rings. The third-order valence-electron chi connectivity index (χ3n) is 6.55. The molecule has 3 nitrogen and oxygen atoms in total. The zero-order valence-electron chi connectivity index (χ0n) is 18.6. The van der Waals surface area contributed by atoms with Crippen molar-refractivity contribution in [3.8, 4) is 11.4 Å². The van der Waals surface area contributed by atoms with Crippen LogP contribution in [-0.2, 0) is 6.42 Å². The summed E-state index contributed by atoms with van der Waals surface area (Å²) in [4.78, 5) is 14.0. The van der Waals surface area contributed by atoms with Gasteiger partial charge in [0.15, 0.2) is 5.82 Å². The molecule has 0 saturated heterocycles. The molecule has 3 heteroatoms. The first-order valence-electron chi connectivity index (χ1n) is 12.1. The molecule has 0 aromatic carbocycles. The van der Waals surface area contributed by atoms with Gasteiger partial charge in [0, 0.05) is 35.8 Å². The molecule has 0 unspecified atom stereocenters. The maximum atomic E-state index is 4.79. The fraction of sp³-hybridized carbons (Fsp3) is 0.654. The molecule has 1 fully saturated rings. The second-order valence-electron chi connectivity index (χ2n) is 8.91. The van der Waals surface area contributed by atoms with Crippen molar-refractivity contribution in [2.24, 2.45) is 5.92 Å². The molecule has 2 aromatic rings. The van der Waals surface area contributed by atoms with Crippen molar-refractivity contribution in [1.29, 1.82) is 0 Å². The van der Waals surface area contributed by atoms with Crippen molar-refractivity contribution in [2.75, 3.05) is 0 Å². The minimum Gasteiger partial charge on any atom is -0.260 e. The first-order valence-corrected chi connectivity index (χ1v) is 12.1. The van der Waals surface area contributed by atoms with Gasteiger partial charge >= 0.3 is 0 Å². The topological polar surface area (TPSA) is 38.7 Å². The summed E-state index contributed by atoms with van der Waals surface area (Å²) in [6.07, 6.45) is 23.1. The van der Waals surface area contributed by atoms with Crippen molar-refractivity contribution >= 4 is 0 Å². The van der Waals surface area contributed by atoms with Crippen molar-refractivity contribution < 1.29 is 0 Å². The molecule has 2 aromatic heterocycles. The van der Waals surface area contributed by atoms with E-state index in [2.05, 4.69) is 35.9 Å². The molecule has 0 bridgehead atoms. The summed E-state index contributed by atoms with van der Waals surface area (Å²) in [6, 6.07) is 4.37. The van der Waals surface area contributed by atoms with Gasteiger partial charge < -0.3 is 0 Å². The van der Waals surface area contributed by atoms with Crippen LogP contribution in [0.5, 0.6) is 0 Å². The number of aryl methyl sites for hydroxylation is 1. The van der Waals surface area contributed by atoms with Gasteiger partial charge in [0.2, 0.25) is 0 Å². The maximum Gasteiger partial charge on any atom is 0.160 e. The summed E-state index contributed by atoms with van der Waals surface area (Å²) in [5, 5.41) is 0. The molecule has 0 aliphatic heterocycles. The van der Waals surface area contributed by atoms with Gasteiger partial charge in [-0.1, -0.05) is 58.8 Å². The Morgan fingerprint density at radius 3 is 2.14 bits per heavy atom. The lowest BCUT2D eigenvalue weighted by Crippen LogP contribution is -2.14. The lowest BCUT2D eigenvalue weighted by molar-refractivity contribution is 0.300. The summed E-state index contributed by atoms with van der Waals surface area (Å²) in [6.45, 7) is 4.54. The minimum atomic E-state index is 0.637. The fourth-order valence-corrected chi connectivity index (χ4v) is 4.60. The highest BCUT2D eigenvalue weighted by molar-refractivity contribution is 5.53. The Labute approximate surface area is 177 Å². The van der Waals surface area contributed by atoms with Gasteiger partial charge in [-0.15, -0.1) is 0 Å². The van der Waals surface area contributed by atoms with Crippen LogP contribution in [0.3, 0.4) is 0 Å². The van der Waals surface area contributed by atoms with E-state index in [1.807, 2.05) is 18.6 Å². The summed E-state index contributed by atoms with van der Waals surface area (Å²) in [7, 11) is 0. The molecular formula is C26H39N3. The van der Waals surface area contributed by atoms with E-state index in [0.29, 0.717) is 5.92 Å². The van der Waals surface area contributed by atoms with E-state index in [-0.39, 0.29) is 0 Å². The van der Waals surface area contributed by atoms with Crippen LogP contribution in [0, 0.1) is 5.92 Å². The second kappa shape index (κ2) is 12.0. The van der Waals surface area contributed by atoms with Gasteiger partial charge in [-0.2, -0.15) is 0 Å². The molecular weight excluding hydrogens is 354 g/mol. The number of pyridine rings is 1. The number of nitrogens with zero attached hydrogens (tertiary/aromatic N) is 3. The summed E-state index contributed by atoms with van der Waals surface area (Å²) < 4.78 is 0. The second-order valence-corrected chi connectivity index (χ2v) is 8.91. The molecule has 1 aliphatic carbocycles. The highest BCUT2D eigenvalue weighted by Crippen LogP contribution is 2.37. The largest absolute Gasteiger partial charge is 0.260 e. The highest BCUT2D eigenvalue weighted by atomic mass is 14.9. The van der Waals surface area contributed by atoms with Crippen LogP contribution >= 0.6 is 0 Å². The maximum absolute atomic E-state index is 4.79. The predicted molar refractivity (Wildman–Crippen MR) is 122 cm³/mol. The molecule has 0 radical (unpaired) electrons. The Balaban J connectivity index is 1.49. The van der Waals surface area contributed by atoms with Crippen molar-refractivity contribution in [3.05, 3.63) is 42.0 Å². The van der Waals surface area contributed by atoms with E-state index in [9.17, 15) is 0 Å². The minimum absolute atomic E-state index is 0.637. The molecule has 0 atom stereocenters. The van der Waals surface area contributed by atoms with Crippen LogP contribution in [0.2, 0.25) is 0 Å². The molecule has 2 heterocycles. The van der Waals surface area contributed by atoms with Gasteiger partial charge in [0.05, 0.1) is 0 Å². The van der Waals surface area contributed by atoms with E-state index in [4.69, 9.17) is 4.98 Å². The van der Waals surface area contributed by atoms with Crippen molar-refractivity contribution in [2.45, 2.75) is 103 Å². The van der Waals surface area contributed by atoms with Crippen LogP contribution in [-0.4, -0.2) is 15.0 Å². The molecule has 0 spiro atoms. The van der Waals surface area contributed by atoms with Gasteiger partial charge in [0.25, 0.3) is 0 Å². The van der Waals surface area contributed by atoms with Gasteiger partial charge in [0.1, 0.15) is 0 Å². The van der Waals surface area contributed by atoms with Crippen LogP contribution in [0.25, 0.3) is 11.4 Å². The first-order chi connectivity index (χ1) is 14.3. The number of hydrogen-bond donors (Lipinski definition) is 0. The zero-order chi connectivity index (χ0) is 20.3. The molecule has 29 heavy (non-hydrogen) atoms. The third kappa shape index (κ3) is 6.90. The van der Waals surface area contributed by atoms with Gasteiger partial charge in [-0.05, 0) is 62.1 Å². The lowest BCUT2D eigenvalue weighted by Gasteiger charge is -2.28. The van der Waals surface area contributed by atoms with Gasteiger partial charge in [-0.3, -0.25) is 4.98 Å². The molecule has 158 valence electrons. The van der Waals surface area contributed by atoms with E-state index in [1.54, 1.807) is 0 Å². The van der Waals surface area contributed by atoms with E-state index >= 15 is 0 Å². The Kier molecular flexibility index (Phi) is 9.11. The van der Waals surface area contributed by atoms with E-state index in [1.165, 1.54) is 88.3 Å². The quantitative estimate of drug-likeness (QED) is 0.371. The zero-order valence-corrected chi connectivity index (χ0v) is 18.6. The smallest absolute Gasteiger partial charge is 0.160 e. The number of hydrogen-bond acceptors (Lipinski definition) is 3. The number of rotatable bonds is 11. The van der Waals surface area contributed by atoms with Crippen molar-refractivity contribution in [3.63, 3.8) is 0 Å². The molecule has 1 saturated carbocycles. The monoisotopic (exact) mass is 393 g/mol. The summed E-state index contributed by atoms with van der Waals surface area (Å²) in [5.74, 6) is 2.38. The highest BCUT2D eigenvalue weighted by Gasteiger charge is 2.23. The van der Waals surface area contributed by atoms with E-state index in [0.717, 1.165) is 23.7 Å². The van der Waals surface area contributed by atoms with E-state index < -0.39 is 0 Å². The average Bonchev–Trinajstić information content (AvgIpc) is 2.78. The van der Waals surface area contributed by atoms with Crippen molar-refractivity contribution in [1.82, 2.24) is 15.0 Å². The molecule has 0 amide bonds. The SMILES string of the molecule is CCCCCCc1cnc(-c2ccc(C3CCC(CCCCC)CC3)nc2)nc1. The normalized spacial score (nSPS) is 19.4. The van der Waals surface area contributed by atoms with Crippen LogP contribution < -0.4 is 0 Å². The standard InChI is InChI=1S/C26H39N3/c1-3-5-7-9-11-22-18-28-26(29-19-22)24-16-17-25(27-20-24)23-14-12-21(13-15-23)10-8-6-4-2/h16-21,23H,3-15H2,1-2H3. The summed E-state index contributed by atoms with van der Waals surface area (Å²) in [5.41, 5.74) is 3.53. The van der Waals surface area contributed by atoms with Gasteiger partial charge in [-0.25, -0.2) is 9.97 Å². The Morgan fingerprint density at radius 2 is 1.48 bits per heavy atom. The molecule has 0 N–H and O–H groups in total. The Bertz CT molecular complexity index is 685. The average molecular weight is 394 g/mol. The molecule has 3 rings (SSSR count). The van der Waals surface area contributed by atoms with Crippen LogP contribution in [0.1, 0.15) is 108 Å². The third-order valence-corrected chi connectivity index (χ3v) is 6.55. The lowest BCUT2D eigenvalue weighted by atomic mass is 9.78. The Hall–Kier alpha value is -1.77. The van der Waals surface area contributed by atoms with Crippen LogP contribution in [0.15, 0.2) is 30.7 Å². The summed E-state index contributed by atoms with van der Waals surface area (Å²) >= 11 is 0. The van der Waals surface area contributed by atoms with Crippen LogP contribution in [0.4, 0.5) is 0 Å².